The Kier molecular flexibility index (Phi) is 4.25. The van der Waals surface area contributed by atoms with E-state index < -0.39 is 10.8 Å². The number of benzene rings is 1. The molecule has 5 heteroatoms. The molecule has 23 heavy (non-hydrogen) atoms. The Balaban J connectivity index is 2.64. The van der Waals surface area contributed by atoms with E-state index in [9.17, 15) is 10.5 Å². The average molecular weight is 307 g/mol. The summed E-state index contributed by atoms with van der Waals surface area (Å²) in [7, 11) is 0. The number of nitrogens with zero attached hydrogens (tertiary/aromatic N) is 5. The van der Waals surface area contributed by atoms with Gasteiger partial charge in [0.1, 0.15) is 12.7 Å². The molecule has 0 aliphatic rings. The largest absolute Gasteiger partial charge is 0.246 e. The Labute approximate surface area is 137 Å². The first kappa shape index (κ1) is 16.7. The lowest BCUT2D eigenvalue weighted by atomic mass is 9.78. The summed E-state index contributed by atoms with van der Waals surface area (Å²) in [6, 6.07) is 10.7. The van der Waals surface area contributed by atoms with Gasteiger partial charge >= 0.3 is 0 Å². The quantitative estimate of drug-likeness (QED) is 0.866. The SMILES string of the molecule is CC(c1cc(C(C)(C)C#N)cc(C(C)(C)C#N)c1)n1cncn1. The van der Waals surface area contributed by atoms with Gasteiger partial charge in [-0.15, -0.1) is 0 Å². The van der Waals surface area contributed by atoms with Gasteiger partial charge in [-0.3, -0.25) is 0 Å². The lowest BCUT2D eigenvalue weighted by Crippen LogP contribution is -2.20. The number of hydrogen-bond donors (Lipinski definition) is 0. The topological polar surface area (TPSA) is 78.3 Å². The van der Waals surface area contributed by atoms with Crippen LogP contribution in [0.5, 0.6) is 0 Å². The van der Waals surface area contributed by atoms with E-state index >= 15 is 0 Å². The lowest BCUT2D eigenvalue weighted by molar-refractivity contribution is 0.557. The minimum atomic E-state index is -0.627. The van der Waals surface area contributed by atoms with Crippen molar-refractivity contribution in [1.29, 1.82) is 10.5 Å². The summed E-state index contributed by atoms with van der Waals surface area (Å²) in [6.45, 7) is 9.56. The zero-order valence-corrected chi connectivity index (χ0v) is 14.2. The van der Waals surface area contributed by atoms with Gasteiger partial charge in [0.25, 0.3) is 0 Å². The van der Waals surface area contributed by atoms with Gasteiger partial charge in [0, 0.05) is 0 Å². The van der Waals surface area contributed by atoms with Gasteiger partial charge in [0.15, 0.2) is 0 Å². The normalized spacial score (nSPS) is 13.2. The molecule has 1 aromatic heterocycles. The Morgan fingerprint density at radius 2 is 1.52 bits per heavy atom. The third-order valence-corrected chi connectivity index (χ3v) is 4.27. The van der Waals surface area contributed by atoms with Crippen LogP contribution in [0.15, 0.2) is 30.9 Å². The molecule has 0 saturated heterocycles. The number of aromatic nitrogens is 3. The standard InChI is InChI=1S/C18H21N5/c1-13(23-12-21-11-22-23)14-6-15(17(2,3)9-19)8-16(7-14)18(4,5)10-20/h6-8,11-13H,1-5H3. The van der Waals surface area contributed by atoms with Crippen LogP contribution in [0.2, 0.25) is 0 Å². The molecule has 0 fully saturated rings. The van der Waals surface area contributed by atoms with Crippen molar-refractivity contribution >= 4 is 0 Å². The van der Waals surface area contributed by atoms with Crippen LogP contribution >= 0.6 is 0 Å². The predicted molar refractivity (Wildman–Crippen MR) is 87.6 cm³/mol. The van der Waals surface area contributed by atoms with Crippen molar-refractivity contribution in [1.82, 2.24) is 14.8 Å². The second-order valence-electron chi connectivity index (χ2n) is 6.87. The van der Waals surface area contributed by atoms with Gasteiger partial charge in [0.2, 0.25) is 0 Å². The zero-order valence-electron chi connectivity index (χ0n) is 14.2. The molecule has 0 aliphatic heterocycles. The number of hydrogen-bond acceptors (Lipinski definition) is 4. The highest BCUT2D eigenvalue weighted by atomic mass is 15.3. The van der Waals surface area contributed by atoms with E-state index in [1.807, 2.05) is 52.8 Å². The molecule has 5 nitrogen and oxygen atoms in total. The Morgan fingerprint density at radius 1 is 1.00 bits per heavy atom. The first-order valence-electron chi connectivity index (χ1n) is 7.54. The van der Waals surface area contributed by atoms with E-state index in [2.05, 4.69) is 22.2 Å². The van der Waals surface area contributed by atoms with Crippen molar-refractivity contribution in [2.45, 2.75) is 51.5 Å². The molecule has 1 atom stereocenters. The highest BCUT2D eigenvalue weighted by Crippen LogP contribution is 2.32. The maximum absolute atomic E-state index is 9.47. The van der Waals surface area contributed by atoms with Crippen LogP contribution in [0.3, 0.4) is 0 Å². The summed E-state index contributed by atoms with van der Waals surface area (Å²) in [5.74, 6) is 0. The van der Waals surface area contributed by atoms with Crippen LogP contribution in [0.1, 0.15) is 57.4 Å². The summed E-state index contributed by atoms with van der Waals surface area (Å²) < 4.78 is 1.77. The van der Waals surface area contributed by atoms with Gasteiger partial charge < -0.3 is 0 Å². The fourth-order valence-electron chi connectivity index (χ4n) is 2.31. The Hall–Kier alpha value is -2.66. The molecule has 2 rings (SSSR count). The van der Waals surface area contributed by atoms with Crippen molar-refractivity contribution in [2.24, 2.45) is 0 Å². The van der Waals surface area contributed by atoms with Crippen LogP contribution < -0.4 is 0 Å². The summed E-state index contributed by atoms with van der Waals surface area (Å²) in [6.07, 6.45) is 3.17. The second-order valence-corrected chi connectivity index (χ2v) is 6.87. The van der Waals surface area contributed by atoms with E-state index in [0.29, 0.717) is 0 Å². The van der Waals surface area contributed by atoms with Crippen LogP contribution in [-0.4, -0.2) is 14.8 Å². The van der Waals surface area contributed by atoms with Gasteiger partial charge in [0.05, 0.1) is 29.0 Å². The molecule has 0 bridgehead atoms. The van der Waals surface area contributed by atoms with Crippen molar-refractivity contribution in [3.8, 4) is 12.1 Å². The Morgan fingerprint density at radius 3 is 1.91 bits per heavy atom. The molecule has 1 aromatic carbocycles. The molecule has 0 saturated carbocycles. The molecular weight excluding hydrogens is 286 g/mol. The smallest absolute Gasteiger partial charge is 0.137 e. The highest BCUT2D eigenvalue weighted by Gasteiger charge is 2.27. The first-order chi connectivity index (χ1) is 10.7. The van der Waals surface area contributed by atoms with Crippen LogP contribution in [0.4, 0.5) is 0 Å². The maximum Gasteiger partial charge on any atom is 0.137 e. The summed E-state index contributed by atoms with van der Waals surface area (Å²) in [4.78, 5) is 3.99. The summed E-state index contributed by atoms with van der Waals surface area (Å²) >= 11 is 0. The molecule has 1 heterocycles. The third kappa shape index (κ3) is 3.24. The van der Waals surface area contributed by atoms with Gasteiger partial charge in [-0.25, -0.2) is 9.67 Å². The molecule has 1 unspecified atom stereocenters. The fraction of sp³-hybridized carbons (Fsp3) is 0.444. The van der Waals surface area contributed by atoms with E-state index in [0.717, 1.165) is 16.7 Å². The summed E-state index contributed by atoms with van der Waals surface area (Å²) in [5.41, 5.74) is 1.57. The van der Waals surface area contributed by atoms with E-state index in [4.69, 9.17) is 0 Å². The molecule has 118 valence electrons. The number of nitriles is 2. The lowest BCUT2D eigenvalue weighted by Gasteiger charge is -2.24. The van der Waals surface area contributed by atoms with Crippen LogP contribution in [-0.2, 0) is 10.8 Å². The molecular formula is C18H21N5. The van der Waals surface area contributed by atoms with Crippen LogP contribution in [0.25, 0.3) is 0 Å². The molecule has 0 aliphatic carbocycles. The first-order valence-corrected chi connectivity index (χ1v) is 7.54. The Bertz CT molecular complexity index is 728. The molecule has 0 radical (unpaired) electrons. The minimum absolute atomic E-state index is 0.0276. The van der Waals surface area contributed by atoms with Gasteiger partial charge in [-0.05, 0) is 51.3 Å². The van der Waals surface area contributed by atoms with Gasteiger partial charge in [-0.1, -0.05) is 18.2 Å². The minimum Gasteiger partial charge on any atom is -0.246 e. The zero-order chi connectivity index (χ0) is 17.3. The fourth-order valence-corrected chi connectivity index (χ4v) is 2.31. The second kappa shape index (κ2) is 5.85. The maximum atomic E-state index is 9.47. The molecule has 0 amide bonds. The molecule has 2 aromatic rings. The van der Waals surface area contributed by atoms with Crippen molar-refractivity contribution in [3.63, 3.8) is 0 Å². The van der Waals surface area contributed by atoms with E-state index in [1.54, 1.807) is 11.0 Å². The van der Waals surface area contributed by atoms with Crippen molar-refractivity contribution < 1.29 is 0 Å². The highest BCUT2D eigenvalue weighted by molar-refractivity contribution is 5.43. The van der Waals surface area contributed by atoms with Crippen molar-refractivity contribution in [3.05, 3.63) is 47.5 Å². The van der Waals surface area contributed by atoms with Crippen molar-refractivity contribution in [2.75, 3.05) is 0 Å². The predicted octanol–water partition coefficient (Wildman–Crippen LogP) is 3.49. The number of rotatable bonds is 4. The molecule has 0 N–H and O–H groups in total. The van der Waals surface area contributed by atoms with Crippen LogP contribution in [0, 0.1) is 22.7 Å². The van der Waals surface area contributed by atoms with Gasteiger partial charge in [-0.2, -0.15) is 15.6 Å². The summed E-state index contributed by atoms with van der Waals surface area (Å²) in [5, 5.41) is 23.1. The molecule has 0 spiro atoms. The monoisotopic (exact) mass is 307 g/mol. The average Bonchev–Trinajstić information content (AvgIpc) is 3.08. The third-order valence-electron chi connectivity index (χ3n) is 4.27. The van der Waals surface area contributed by atoms with E-state index in [1.165, 1.54) is 6.33 Å². The van der Waals surface area contributed by atoms with E-state index in [-0.39, 0.29) is 6.04 Å².